The number of carbonyl (C=O) groups excluding carboxylic acids is 1. The first-order chi connectivity index (χ1) is 11.1. The fourth-order valence-corrected chi connectivity index (χ4v) is 2.60. The number of anilines is 1. The average Bonchev–Trinajstić information content (AvgIpc) is 3.03. The van der Waals surface area contributed by atoms with Gasteiger partial charge >= 0.3 is 5.69 Å². The number of nitrogens with zero attached hydrogens (tertiary/aromatic N) is 5. The molecule has 0 unspecified atom stereocenters. The first-order valence-corrected chi connectivity index (χ1v) is 7.17. The van der Waals surface area contributed by atoms with Gasteiger partial charge in [0.2, 0.25) is 11.4 Å². The van der Waals surface area contributed by atoms with Crippen molar-refractivity contribution in [3.63, 3.8) is 0 Å². The van der Waals surface area contributed by atoms with Gasteiger partial charge in [0.25, 0.3) is 0 Å². The zero-order chi connectivity index (χ0) is 16.4. The van der Waals surface area contributed by atoms with Gasteiger partial charge in [0, 0.05) is 39.3 Å². The Hall–Kier alpha value is -2.75. The maximum absolute atomic E-state index is 12.3. The van der Waals surface area contributed by atoms with Crippen LogP contribution in [0.4, 0.5) is 11.4 Å². The molecule has 0 saturated carbocycles. The van der Waals surface area contributed by atoms with Gasteiger partial charge in [-0.25, -0.2) is 4.63 Å². The second-order valence-electron chi connectivity index (χ2n) is 5.31. The Morgan fingerprint density at radius 3 is 2.78 bits per heavy atom. The van der Waals surface area contributed by atoms with E-state index < -0.39 is 4.92 Å². The molecule has 0 aliphatic carbocycles. The van der Waals surface area contributed by atoms with E-state index in [9.17, 15) is 14.9 Å². The molecule has 2 aromatic rings. The van der Waals surface area contributed by atoms with E-state index in [4.69, 9.17) is 0 Å². The lowest BCUT2D eigenvalue weighted by Gasteiger charge is -2.29. The van der Waals surface area contributed by atoms with Gasteiger partial charge in [-0.15, -0.1) is 0 Å². The van der Waals surface area contributed by atoms with Crippen molar-refractivity contribution in [3.05, 3.63) is 22.2 Å². The number of carbonyl (C=O) groups is 1. The summed E-state index contributed by atoms with van der Waals surface area (Å²) in [6, 6.07) is 2.89. The standard InChI is InChI=1S/C13H16N6O4/c1-17(8-11(20)18-6-4-14-5-7-18)9-2-3-10(19(21)22)13-12(9)15-23-16-13/h2-3,14H,4-8H2,1H3. The molecular weight excluding hydrogens is 304 g/mol. The number of non-ortho nitro benzene ring substituents is 1. The molecule has 0 radical (unpaired) electrons. The molecule has 10 heteroatoms. The summed E-state index contributed by atoms with van der Waals surface area (Å²) in [6.07, 6.45) is 0. The summed E-state index contributed by atoms with van der Waals surface area (Å²) in [7, 11) is 1.73. The largest absolute Gasteiger partial charge is 0.363 e. The van der Waals surface area contributed by atoms with Crippen LogP contribution in [0.3, 0.4) is 0 Å². The normalized spacial score (nSPS) is 14.9. The molecule has 1 saturated heterocycles. The van der Waals surface area contributed by atoms with Crippen LogP contribution in [0, 0.1) is 10.1 Å². The van der Waals surface area contributed by atoms with Crippen molar-refractivity contribution in [2.24, 2.45) is 0 Å². The summed E-state index contributed by atoms with van der Waals surface area (Å²) in [5.41, 5.74) is 0.742. The van der Waals surface area contributed by atoms with Gasteiger partial charge in [-0.3, -0.25) is 14.9 Å². The van der Waals surface area contributed by atoms with Crippen LogP contribution in [0.25, 0.3) is 11.0 Å². The lowest BCUT2D eigenvalue weighted by atomic mass is 10.2. The molecular formula is C13H16N6O4. The fourth-order valence-electron chi connectivity index (χ4n) is 2.60. The van der Waals surface area contributed by atoms with Crippen molar-refractivity contribution in [1.82, 2.24) is 20.5 Å². The van der Waals surface area contributed by atoms with Crippen LogP contribution in [0.5, 0.6) is 0 Å². The first kappa shape index (κ1) is 15.2. The predicted molar refractivity (Wildman–Crippen MR) is 81.2 cm³/mol. The Kier molecular flexibility index (Phi) is 4.06. The number of hydrogen-bond donors (Lipinski definition) is 1. The molecule has 3 rings (SSSR count). The number of hydrogen-bond acceptors (Lipinski definition) is 8. The van der Waals surface area contributed by atoms with E-state index in [1.165, 1.54) is 6.07 Å². The highest BCUT2D eigenvalue weighted by atomic mass is 16.6. The van der Waals surface area contributed by atoms with Crippen LogP contribution in [-0.2, 0) is 4.79 Å². The Labute approximate surface area is 131 Å². The number of amides is 1. The minimum atomic E-state index is -0.539. The monoisotopic (exact) mass is 320 g/mol. The van der Waals surface area contributed by atoms with E-state index in [0.717, 1.165) is 13.1 Å². The van der Waals surface area contributed by atoms with Gasteiger partial charge in [0.15, 0.2) is 5.52 Å². The molecule has 1 N–H and O–H groups in total. The number of piperazine rings is 1. The molecule has 1 aliphatic rings. The van der Waals surface area contributed by atoms with E-state index in [0.29, 0.717) is 18.8 Å². The summed E-state index contributed by atoms with van der Waals surface area (Å²) < 4.78 is 4.63. The number of aromatic nitrogens is 2. The molecule has 0 bridgehead atoms. The summed E-state index contributed by atoms with van der Waals surface area (Å²) in [5.74, 6) is -0.00282. The van der Waals surface area contributed by atoms with Gasteiger partial charge < -0.3 is 15.1 Å². The summed E-state index contributed by atoms with van der Waals surface area (Å²) in [6.45, 7) is 3.07. The van der Waals surface area contributed by atoms with Gasteiger partial charge in [-0.1, -0.05) is 0 Å². The zero-order valence-corrected chi connectivity index (χ0v) is 12.6. The fraction of sp³-hybridized carbons (Fsp3) is 0.462. The Morgan fingerprint density at radius 2 is 2.09 bits per heavy atom. The summed E-state index contributed by atoms with van der Waals surface area (Å²) >= 11 is 0. The molecule has 0 atom stereocenters. The zero-order valence-electron chi connectivity index (χ0n) is 12.6. The SMILES string of the molecule is CN(CC(=O)N1CCNCC1)c1ccc([N+](=O)[O-])c2nonc12. The molecule has 1 aromatic carbocycles. The molecule has 1 aromatic heterocycles. The molecule has 1 amide bonds. The quantitative estimate of drug-likeness (QED) is 0.618. The number of fused-ring (bicyclic) bond motifs is 1. The van der Waals surface area contributed by atoms with E-state index in [-0.39, 0.29) is 29.2 Å². The smallest absolute Gasteiger partial charge is 0.300 e. The van der Waals surface area contributed by atoms with E-state index in [2.05, 4.69) is 20.3 Å². The maximum atomic E-state index is 12.3. The van der Waals surface area contributed by atoms with Crippen LogP contribution in [-0.4, -0.2) is 65.8 Å². The third-order valence-corrected chi connectivity index (χ3v) is 3.82. The second kappa shape index (κ2) is 6.16. The van der Waals surface area contributed by atoms with Crippen LogP contribution >= 0.6 is 0 Å². The van der Waals surface area contributed by atoms with E-state index in [1.807, 2.05) is 0 Å². The number of rotatable bonds is 4. The van der Waals surface area contributed by atoms with Gasteiger partial charge in [0.1, 0.15) is 0 Å². The highest BCUT2D eigenvalue weighted by molar-refractivity contribution is 5.95. The molecule has 0 spiro atoms. The van der Waals surface area contributed by atoms with Crippen LogP contribution in [0.2, 0.25) is 0 Å². The highest BCUT2D eigenvalue weighted by Crippen LogP contribution is 2.30. The molecule has 10 nitrogen and oxygen atoms in total. The average molecular weight is 320 g/mol. The van der Waals surface area contributed by atoms with Crippen molar-refractivity contribution in [1.29, 1.82) is 0 Å². The van der Waals surface area contributed by atoms with E-state index in [1.54, 1.807) is 22.9 Å². The lowest BCUT2D eigenvalue weighted by Crippen LogP contribution is -2.49. The Balaban J connectivity index is 1.82. The van der Waals surface area contributed by atoms with Gasteiger partial charge in [-0.2, -0.15) is 0 Å². The minimum absolute atomic E-state index is 0.00282. The summed E-state index contributed by atoms with van der Waals surface area (Å²) in [5, 5.41) is 21.5. The number of likely N-dealkylation sites (N-methyl/N-ethyl adjacent to an activating group) is 1. The van der Waals surface area contributed by atoms with Crippen molar-refractivity contribution in [2.45, 2.75) is 0 Å². The van der Waals surface area contributed by atoms with Crippen molar-refractivity contribution < 1.29 is 14.3 Å². The highest BCUT2D eigenvalue weighted by Gasteiger charge is 2.23. The van der Waals surface area contributed by atoms with E-state index >= 15 is 0 Å². The second-order valence-corrected chi connectivity index (χ2v) is 5.31. The molecule has 1 aliphatic heterocycles. The summed E-state index contributed by atoms with van der Waals surface area (Å²) in [4.78, 5) is 26.3. The molecule has 2 heterocycles. The Bertz CT molecular complexity index is 739. The van der Waals surface area contributed by atoms with Crippen LogP contribution in [0.1, 0.15) is 0 Å². The topological polar surface area (TPSA) is 118 Å². The van der Waals surface area contributed by atoms with Gasteiger partial charge in [-0.05, 0) is 16.4 Å². The lowest BCUT2D eigenvalue weighted by molar-refractivity contribution is -0.383. The minimum Gasteiger partial charge on any atom is -0.363 e. The molecule has 122 valence electrons. The van der Waals surface area contributed by atoms with Crippen molar-refractivity contribution in [3.8, 4) is 0 Å². The van der Waals surface area contributed by atoms with Crippen molar-refractivity contribution in [2.75, 3.05) is 44.7 Å². The number of nitro benzene ring substituents is 1. The van der Waals surface area contributed by atoms with Crippen LogP contribution < -0.4 is 10.2 Å². The first-order valence-electron chi connectivity index (χ1n) is 7.17. The predicted octanol–water partition coefficient (Wildman–Crippen LogP) is -0.001000. The number of nitro groups is 1. The number of benzene rings is 1. The van der Waals surface area contributed by atoms with Crippen LogP contribution in [0.15, 0.2) is 16.8 Å². The number of nitrogens with one attached hydrogen (secondary N) is 1. The molecule has 23 heavy (non-hydrogen) atoms. The Morgan fingerprint density at radius 1 is 1.39 bits per heavy atom. The third-order valence-electron chi connectivity index (χ3n) is 3.82. The van der Waals surface area contributed by atoms with Crippen molar-refractivity contribution >= 4 is 28.3 Å². The molecule has 1 fully saturated rings. The maximum Gasteiger partial charge on any atom is 0.300 e. The third kappa shape index (κ3) is 2.93. The van der Waals surface area contributed by atoms with Gasteiger partial charge in [0.05, 0.1) is 17.2 Å².